The molecule has 1 fully saturated rings. The van der Waals surface area contributed by atoms with Crippen LogP contribution in [0.15, 0.2) is 138 Å². The summed E-state index contributed by atoms with van der Waals surface area (Å²) in [6.45, 7) is 0. The van der Waals surface area contributed by atoms with Crippen LogP contribution >= 0.6 is 0 Å². The first-order chi connectivity index (χ1) is 21.3. The first kappa shape index (κ1) is 24.5. The van der Waals surface area contributed by atoms with Crippen LogP contribution in [0.3, 0.4) is 0 Å². The number of anilines is 3. The van der Waals surface area contributed by atoms with Gasteiger partial charge in [-0.1, -0.05) is 116 Å². The van der Waals surface area contributed by atoms with Crippen LogP contribution in [-0.4, -0.2) is 0 Å². The summed E-state index contributed by atoms with van der Waals surface area (Å²) in [5.74, 6) is 0.592. The van der Waals surface area contributed by atoms with E-state index in [1.165, 1.54) is 80.3 Å². The van der Waals surface area contributed by atoms with Gasteiger partial charge in [0.15, 0.2) is 0 Å². The lowest BCUT2D eigenvalue weighted by molar-refractivity contribution is 0.670. The van der Waals surface area contributed by atoms with Crippen molar-refractivity contribution in [2.24, 2.45) is 0 Å². The van der Waals surface area contributed by atoms with Gasteiger partial charge >= 0.3 is 0 Å². The fraction of sp³-hybridized carbons (Fsp3) is 0.122. The number of benzene rings is 7. The number of furan rings is 1. The normalized spacial score (nSPS) is 14.0. The molecule has 0 aliphatic heterocycles. The molecule has 0 saturated heterocycles. The van der Waals surface area contributed by atoms with E-state index in [1.807, 2.05) is 0 Å². The standard InChI is InChI=1S/C41H31NO/c1-4-15-30-25-31(24-23-27(30)11-1)42(37-21-9-16-28-12-5-6-17-32(28)37)38-26-36-40-33(29-13-2-3-14-29)20-10-22-39(40)43-41(36)35-19-8-7-18-34(35)38/h1,4-12,15-26,29H,2-3,13-14H2. The molecule has 8 aromatic rings. The van der Waals surface area contributed by atoms with Gasteiger partial charge in [-0.15, -0.1) is 0 Å². The molecule has 2 nitrogen and oxygen atoms in total. The molecular formula is C41H31NO. The lowest BCUT2D eigenvalue weighted by atomic mass is 9.92. The molecule has 206 valence electrons. The van der Waals surface area contributed by atoms with Crippen LogP contribution in [0.4, 0.5) is 17.1 Å². The zero-order valence-corrected chi connectivity index (χ0v) is 24.0. The number of fused-ring (bicyclic) bond motifs is 7. The van der Waals surface area contributed by atoms with Crippen LogP contribution in [0.1, 0.15) is 37.2 Å². The van der Waals surface area contributed by atoms with Crippen molar-refractivity contribution < 1.29 is 4.42 Å². The largest absolute Gasteiger partial charge is 0.455 e. The van der Waals surface area contributed by atoms with E-state index in [1.54, 1.807) is 0 Å². The summed E-state index contributed by atoms with van der Waals surface area (Å²) in [5.41, 5.74) is 6.89. The fourth-order valence-electron chi connectivity index (χ4n) is 7.55. The highest BCUT2D eigenvalue weighted by Crippen LogP contribution is 2.48. The lowest BCUT2D eigenvalue weighted by Gasteiger charge is -2.28. The highest BCUT2D eigenvalue weighted by atomic mass is 16.3. The smallest absolute Gasteiger partial charge is 0.143 e. The summed E-state index contributed by atoms with van der Waals surface area (Å²) in [7, 11) is 0. The van der Waals surface area contributed by atoms with E-state index < -0.39 is 0 Å². The number of hydrogen-bond acceptors (Lipinski definition) is 2. The SMILES string of the molecule is c1ccc2cc(N(c3cccc4ccccc34)c3cc4c(oc5cccc(C6CCCC6)c54)c4ccccc34)ccc2c1. The fourth-order valence-corrected chi connectivity index (χ4v) is 7.55. The van der Waals surface area contributed by atoms with E-state index in [9.17, 15) is 0 Å². The molecule has 0 spiro atoms. The van der Waals surface area contributed by atoms with Crippen LogP contribution in [0.25, 0.3) is 54.3 Å². The van der Waals surface area contributed by atoms with Crippen molar-refractivity contribution >= 4 is 71.3 Å². The van der Waals surface area contributed by atoms with Crippen molar-refractivity contribution in [3.05, 3.63) is 139 Å². The van der Waals surface area contributed by atoms with E-state index in [2.05, 4.69) is 138 Å². The molecule has 1 heterocycles. The van der Waals surface area contributed by atoms with Crippen LogP contribution in [-0.2, 0) is 0 Å². The summed E-state index contributed by atoms with van der Waals surface area (Å²) in [4.78, 5) is 2.47. The summed E-state index contributed by atoms with van der Waals surface area (Å²) in [6, 6.07) is 48.6. The Hall–Kier alpha value is -5.08. The second-order valence-electron chi connectivity index (χ2n) is 12.0. The minimum atomic E-state index is 0.592. The monoisotopic (exact) mass is 553 g/mol. The predicted molar refractivity (Wildman–Crippen MR) is 182 cm³/mol. The van der Waals surface area contributed by atoms with Crippen molar-refractivity contribution in [1.29, 1.82) is 0 Å². The molecule has 0 bridgehead atoms. The Kier molecular flexibility index (Phi) is 5.55. The van der Waals surface area contributed by atoms with Crippen molar-refractivity contribution in [3.63, 3.8) is 0 Å². The number of rotatable bonds is 4. The Morgan fingerprint density at radius 3 is 2.07 bits per heavy atom. The minimum absolute atomic E-state index is 0.592. The molecule has 0 amide bonds. The topological polar surface area (TPSA) is 16.4 Å². The first-order valence-electron chi connectivity index (χ1n) is 15.5. The molecule has 1 aliphatic carbocycles. The minimum Gasteiger partial charge on any atom is -0.455 e. The lowest BCUT2D eigenvalue weighted by Crippen LogP contribution is -2.11. The third-order valence-corrected chi connectivity index (χ3v) is 9.55. The molecule has 2 heteroatoms. The van der Waals surface area contributed by atoms with E-state index in [0.717, 1.165) is 22.2 Å². The highest BCUT2D eigenvalue weighted by molar-refractivity contribution is 6.21. The van der Waals surface area contributed by atoms with Crippen molar-refractivity contribution in [3.8, 4) is 0 Å². The average Bonchev–Trinajstić information content (AvgIpc) is 3.74. The van der Waals surface area contributed by atoms with E-state index >= 15 is 0 Å². The summed E-state index contributed by atoms with van der Waals surface area (Å²) in [6.07, 6.45) is 5.13. The summed E-state index contributed by atoms with van der Waals surface area (Å²) < 4.78 is 6.72. The maximum Gasteiger partial charge on any atom is 0.143 e. The molecule has 9 rings (SSSR count). The zero-order valence-electron chi connectivity index (χ0n) is 24.0. The summed E-state index contributed by atoms with van der Waals surface area (Å²) >= 11 is 0. The molecule has 7 aromatic carbocycles. The van der Waals surface area contributed by atoms with Gasteiger partial charge < -0.3 is 9.32 Å². The van der Waals surface area contributed by atoms with Gasteiger partial charge in [-0.2, -0.15) is 0 Å². The van der Waals surface area contributed by atoms with Gasteiger partial charge in [-0.25, -0.2) is 0 Å². The van der Waals surface area contributed by atoms with Gasteiger partial charge in [0.25, 0.3) is 0 Å². The Bertz CT molecular complexity index is 2320. The first-order valence-corrected chi connectivity index (χ1v) is 15.5. The number of hydrogen-bond donors (Lipinski definition) is 0. The van der Waals surface area contributed by atoms with E-state index in [0.29, 0.717) is 5.92 Å². The van der Waals surface area contributed by atoms with Crippen LogP contribution in [0.5, 0.6) is 0 Å². The number of nitrogens with zero attached hydrogens (tertiary/aromatic N) is 1. The van der Waals surface area contributed by atoms with E-state index in [4.69, 9.17) is 4.42 Å². The molecule has 0 atom stereocenters. The molecule has 1 aromatic heterocycles. The van der Waals surface area contributed by atoms with Crippen LogP contribution in [0, 0.1) is 0 Å². The van der Waals surface area contributed by atoms with Gasteiger partial charge in [0.05, 0.1) is 11.4 Å². The third kappa shape index (κ3) is 3.87. The van der Waals surface area contributed by atoms with Crippen LogP contribution < -0.4 is 4.90 Å². The van der Waals surface area contributed by atoms with Gasteiger partial charge in [-0.05, 0) is 70.8 Å². The van der Waals surface area contributed by atoms with Gasteiger partial charge in [0, 0.05) is 32.6 Å². The molecular weight excluding hydrogens is 522 g/mol. The molecule has 0 radical (unpaired) electrons. The maximum atomic E-state index is 6.72. The van der Waals surface area contributed by atoms with Crippen molar-refractivity contribution in [1.82, 2.24) is 0 Å². The molecule has 43 heavy (non-hydrogen) atoms. The molecule has 0 unspecified atom stereocenters. The zero-order chi connectivity index (χ0) is 28.3. The Morgan fingerprint density at radius 1 is 0.512 bits per heavy atom. The average molecular weight is 554 g/mol. The van der Waals surface area contributed by atoms with Gasteiger partial charge in [0.1, 0.15) is 11.2 Å². The van der Waals surface area contributed by atoms with Crippen molar-refractivity contribution in [2.75, 3.05) is 4.90 Å². The third-order valence-electron chi connectivity index (χ3n) is 9.55. The Balaban J connectivity index is 1.41. The van der Waals surface area contributed by atoms with Crippen LogP contribution in [0.2, 0.25) is 0 Å². The second-order valence-corrected chi connectivity index (χ2v) is 12.0. The molecule has 1 saturated carbocycles. The van der Waals surface area contributed by atoms with E-state index in [-0.39, 0.29) is 0 Å². The summed E-state index contributed by atoms with van der Waals surface area (Å²) in [5, 5.41) is 9.75. The maximum absolute atomic E-state index is 6.72. The van der Waals surface area contributed by atoms with Crippen molar-refractivity contribution in [2.45, 2.75) is 31.6 Å². The Labute approximate surface area is 250 Å². The second kappa shape index (κ2) is 9.74. The van der Waals surface area contributed by atoms with Gasteiger partial charge in [0.2, 0.25) is 0 Å². The Morgan fingerprint density at radius 2 is 1.21 bits per heavy atom. The molecule has 1 aliphatic rings. The molecule has 0 N–H and O–H groups in total. The van der Waals surface area contributed by atoms with Gasteiger partial charge in [-0.3, -0.25) is 0 Å². The predicted octanol–water partition coefficient (Wildman–Crippen LogP) is 12.2. The quantitative estimate of drug-likeness (QED) is 0.215. The highest BCUT2D eigenvalue weighted by Gasteiger charge is 2.25.